The molecule has 1 unspecified atom stereocenters. The predicted molar refractivity (Wildman–Crippen MR) is 81.2 cm³/mol. The number of hydrogen-bond donors (Lipinski definition) is 0. The van der Waals surface area contributed by atoms with E-state index < -0.39 is 15.2 Å². The fourth-order valence-electron chi connectivity index (χ4n) is 1.69. The Kier molecular flexibility index (Phi) is 4.66. The molecule has 0 spiro atoms. The average Bonchev–Trinajstić information content (AvgIpc) is 2.40. The SMILES string of the molecule is O=S(=O)(CC(Cl)c1ccccc1)c1ccc(Br)cc1. The summed E-state index contributed by atoms with van der Waals surface area (Å²) in [5.41, 5.74) is 0.810. The molecule has 0 amide bonds. The summed E-state index contributed by atoms with van der Waals surface area (Å²) in [6.07, 6.45) is 0. The average molecular weight is 360 g/mol. The first-order chi connectivity index (χ1) is 8.99. The van der Waals surface area contributed by atoms with Gasteiger partial charge in [-0.3, -0.25) is 0 Å². The molecule has 2 rings (SSSR count). The van der Waals surface area contributed by atoms with Crippen LogP contribution in [-0.4, -0.2) is 14.2 Å². The van der Waals surface area contributed by atoms with Crippen molar-refractivity contribution in [3.8, 4) is 0 Å². The quantitative estimate of drug-likeness (QED) is 0.767. The van der Waals surface area contributed by atoms with Crippen LogP contribution in [0.2, 0.25) is 0 Å². The van der Waals surface area contributed by atoms with E-state index in [9.17, 15) is 8.42 Å². The molecule has 0 saturated carbocycles. The number of benzene rings is 2. The molecule has 2 aromatic rings. The summed E-state index contributed by atoms with van der Waals surface area (Å²) < 4.78 is 25.3. The van der Waals surface area contributed by atoms with Gasteiger partial charge in [0.25, 0.3) is 0 Å². The van der Waals surface area contributed by atoms with Crippen molar-refractivity contribution in [3.05, 3.63) is 64.6 Å². The second kappa shape index (κ2) is 6.07. The summed E-state index contributed by atoms with van der Waals surface area (Å²) in [5.74, 6) is -0.111. The summed E-state index contributed by atoms with van der Waals surface area (Å²) >= 11 is 9.46. The van der Waals surface area contributed by atoms with Crippen molar-refractivity contribution < 1.29 is 8.42 Å². The lowest BCUT2D eigenvalue weighted by molar-refractivity contribution is 0.594. The molecule has 0 saturated heterocycles. The van der Waals surface area contributed by atoms with E-state index in [-0.39, 0.29) is 10.6 Å². The first-order valence-electron chi connectivity index (χ1n) is 5.66. The lowest BCUT2D eigenvalue weighted by Gasteiger charge is -2.10. The highest BCUT2D eigenvalue weighted by Crippen LogP contribution is 2.25. The van der Waals surface area contributed by atoms with Gasteiger partial charge in [0.1, 0.15) is 0 Å². The zero-order chi connectivity index (χ0) is 13.9. The Morgan fingerprint density at radius 3 is 2.16 bits per heavy atom. The van der Waals surface area contributed by atoms with Crippen molar-refractivity contribution in [2.45, 2.75) is 10.3 Å². The molecule has 0 fully saturated rings. The third-order valence-corrected chi connectivity index (χ3v) is 5.58. The van der Waals surface area contributed by atoms with Crippen molar-refractivity contribution in [1.82, 2.24) is 0 Å². The molecule has 0 aliphatic carbocycles. The Morgan fingerprint density at radius 1 is 1.00 bits per heavy atom. The minimum absolute atomic E-state index is 0.111. The second-order valence-corrected chi connectivity index (χ2v) is 7.59. The minimum Gasteiger partial charge on any atom is -0.224 e. The summed E-state index contributed by atoms with van der Waals surface area (Å²) in [6, 6.07) is 15.8. The van der Waals surface area contributed by atoms with Gasteiger partial charge in [-0.05, 0) is 29.8 Å². The van der Waals surface area contributed by atoms with Crippen LogP contribution in [0.4, 0.5) is 0 Å². The van der Waals surface area contributed by atoms with Crippen LogP contribution in [0, 0.1) is 0 Å². The van der Waals surface area contributed by atoms with Gasteiger partial charge < -0.3 is 0 Å². The monoisotopic (exact) mass is 358 g/mol. The molecule has 0 N–H and O–H groups in total. The van der Waals surface area contributed by atoms with E-state index >= 15 is 0 Å². The second-order valence-electron chi connectivity index (χ2n) is 4.11. The van der Waals surface area contributed by atoms with Crippen LogP contribution >= 0.6 is 27.5 Å². The van der Waals surface area contributed by atoms with E-state index in [4.69, 9.17) is 11.6 Å². The highest BCUT2D eigenvalue weighted by atomic mass is 79.9. The summed E-state index contributed by atoms with van der Waals surface area (Å²) in [6.45, 7) is 0. The van der Waals surface area contributed by atoms with E-state index in [0.717, 1.165) is 10.0 Å². The van der Waals surface area contributed by atoms with Gasteiger partial charge in [0.15, 0.2) is 9.84 Å². The molecule has 2 nitrogen and oxygen atoms in total. The lowest BCUT2D eigenvalue weighted by atomic mass is 10.2. The van der Waals surface area contributed by atoms with Crippen molar-refractivity contribution in [3.63, 3.8) is 0 Å². The molecule has 0 bridgehead atoms. The molecular weight excluding hydrogens is 348 g/mol. The molecule has 100 valence electrons. The van der Waals surface area contributed by atoms with Crippen LogP contribution < -0.4 is 0 Å². The highest BCUT2D eigenvalue weighted by molar-refractivity contribution is 9.10. The van der Waals surface area contributed by atoms with Gasteiger partial charge in [0.05, 0.1) is 16.0 Å². The van der Waals surface area contributed by atoms with Crippen LogP contribution in [0.1, 0.15) is 10.9 Å². The van der Waals surface area contributed by atoms with Gasteiger partial charge in [-0.1, -0.05) is 46.3 Å². The Hall–Kier alpha value is -0.840. The fourth-order valence-corrected chi connectivity index (χ4v) is 3.92. The van der Waals surface area contributed by atoms with Gasteiger partial charge in [-0.25, -0.2) is 8.42 Å². The Morgan fingerprint density at radius 2 is 1.58 bits per heavy atom. The largest absolute Gasteiger partial charge is 0.224 e. The third kappa shape index (κ3) is 3.81. The van der Waals surface area contributed by atoms with E-state index in [2.05, 4.69) is 15.9 Å². The lowest BCUT2D eigenvalue weighted by Crippen LogP contribution is -2.11. The highest BCUT2D eigenvalue weighted by Gasteiger charge is 2.20. The minimum atomic E-state index is -3.38. The van der Waals surface area contributed by atoms with E-state index in [1.54, 1.807) is 24.3 Å². The van der Waals surface area contributed by atoms with Gasteiger partial charge in [0, 0.05) is 4.47 Å². The molecule has 2 aromatic carbocycles. The molecule has 1 atom stereocenters. The molecule has 19 heavy (non-hydrogen) atoms. The van der Waals surface area contributed by atoms with Crippen molar-refractivity contribution >= 4 is 37.4 Å². The number of halogens is 2. The molecule has 0 radical (unpaired) electrons. The zero-order valence-electron chi connectivity index (χ0n) is 9.96. The number of sulfone groups is 1. The summed E-state index contributed by atoms with van der Waals surface area (Å²) in [5, 5.41) is -0.546. The normalized spacial score (nSPS) is 13.2. The molecule has 0 heterocycles. The Balaban J connectivity index is 2.20. The smallest absolute Gasteiger partial charge is 0.180 e. The van der Waals surface area contributed by atoms with Crippen molar-refractivity contribution in [1.29, 1.82) is 0 Å². The zero-order valence-corrected chi connectivity index (χ0v) is 13.1. The summed E-state index contributed by atoms with van der Waals surface area (Å²) in [4.78, 5) is 0.289. The molecule has 0 aliphatic heterocycles. The number of alkyl halides is 1. The van der Waals surface area contributed by atoms with Crippen LogP contribution in [0.5, 0.6) is 0 Å². The maximum absolute atomic E-state index is 12.2. The van der Waals surface area contributed by atoms with Gasteiger partial charge in [-0.2, -0.15) is 0 Å². The van der Waals surface area contributed by atoms with E-state index in [0.29, 0.717) is 0 Å². The Labute approximate surface area is 126 Å². The van der Waals surface area contributed by atoms with Gasteiger partial charge >= 0.3 is 0 Å². The molecule has 5 heteroatoms. The third-order valence-electron chi connectivity index (χ3n) is 2.70. The van der Waals surface area contributed by atoms with E-state index in [1.807, 2.05) is 30.3 Å². The fraction of sp³-hybridized carbons (Fsp3) is 0.143. The summed E-state index contributed by atoms with van der Waals surface area (Å²) in [7, 11) is -3.38. The van der Waals surface area contributed by atoms with Gasteiger partial charge in [-0.15, -0.1) is 11.6 Å². The maximum Gasteiger partial charge on any atom is 0.180 e. The van der Waals surface area contributed by atoms with Crippen LogP contribution in [0.3, 0.4) is 0 Å². The topological polar surface area (TPSA) is 34.1 Å². The Bertz CT molecular complexity index is 639. The number of rotatable bonds is 4. The molecule has 0 aromatic heterocycles. The van der Waals surface area contributed by atoms with Crippen molar-refractivity contribution in [2.24, 2.45) is 0 Å². The molecular formula is C14H12BrClO2S. The predicted octanol–water partition coefficient (Wildman–Crippen LogP) is 4.20. The van der Waals surface area contributed by atoms with Crippen LogP contribution in [0.15, 0.2) is 64.0 Å². The first kappa shape index (κ1) is 14.6. The first-order valence-corrected chi connectivity index (χ1v) is 8.54. The maximum atomic E-state index is 12.2. The van der Waals surface area contributed by atoms with Gasteiger partial charge in [0.2, 0.25) is 0 Å². The van der Waals surface area contributed by atoms with Crippen LogP contribution in [-0.2, 0) is 9.84 Å². The standard InChI is InChI=1S/C14H12BrClO2S/c15-12-6-8-13(9-7-12)19(17,18)10-14(16)11-4-2-1-3-5-11/h1-9,14H,10H2. The van der Waals surface area contributed by atoms with E-state index in [1.165, 1.54) is 0 Å². The molecule has 0 aliphatic rings. The number of hydrogen-bond acceptors (Lipinski definition) is 2. The van der Waals surface area contributed by atoms with Crippen LogP contribution in [0.25, 0.3) is 0 Å². The van der Waals surface area contributed by atoms with Crippen molar-refractivity contribution in [2.75, 3.05) is 5.75 Å².